The van der Waals surface area contributed by atoms with Gasteiger partial charge in [0.05, 0.1) is 10.7 Å². The summed E-state index contributed by atoms with van der Waals surface area (Å²) in [4.78, 5) is 2.23. The zero-order chi connectivity index (χ0) is 9.97. The number of halogens is 1. The molecule has 0 unspecified atom stereocenters. The first-order valence-corrected chi connectivity index (χ1v) is 5.31. The van der Waals surface area contributed by atoms with E-state index in [1.54, 1.807) is 0 Å². The van der Waals surface area contributed by atoms with E-state index in [0.717, 1.165) is 36.3 Å². The van der Waals surface area contributed by atoms with E-state index in [-0.39, 0.29) is 0 Å². The van der Waals surface area contributed by atoms with Gasteiger partial charge in [-0.05, 0) is 12.1 Å². The van der Waals surface area contributed by atoms with E-state index >= 15 is 0 Å². The Hall–Kier alpha value is -0.730. The number of benzene rings is 1. The summed E-state index contributed by atoms with van der Waals surface area (Å²) in [6.45, 7) is 3.35. The van der Waals surface area contributed by atoms with Crippen molar-refractivity contribution in [3.63, 3.8) is 0 Å². The minimum absolute atomic E-state index is 0.774. The third-order valence-corrected chi connectivity index (χ3v) is 2.98. The summed E-state index contributed by atoms with van der Waals surface area (Å²) in [5.74, 6) is 0.774. The average Bonchev–Trinajstić information content (AvgIpc) is 2.12. The van der Waals surface area contributed by atoms with Gasteiger partial charge in [-0.1, -0.05) is 23.7 Å². The molecule has 0 amide bonds. The highest BCUT2D eigenvalue weighted by molar-refractivity contribution is 6.33. The molecule has 1 N–H and O–H groups in total. The van der Waals surface area contributed by atoms with Gasteiger partial charge < -0.3 is 10.2 Å². The second-order valence-corrected chi connectivity index (χ2v) is 4.26. The van der Waals surface area contributed by atoms with Crippen molar-refractivity contribution < 1.29 is 0 Å². The number of para-hydroxylation sites is 1. The molecule has 2 nitrogen and oxygen atoms in total. The highest BCUT2D eigenvalue weighted by atomic mass is 35.5. The molecule has 1 aliphatic heterocycles. The van der Waals surface area contributed by atoms with Gasteiger partial charge in [0.1, 0.15) is 0 Å². The Labute approximate surface area is 89.9 Å². The van der Waals surface area contributed by atoms with E-state index in [1.165, 1.54) is 0 Å². The summed E-state index contributed by atoms with van der Waals surface area (Å²) in [6.07, 6.45) is 0. The second-order valence-electron chi connectivity index (χ2n) is 3.86. The van der Waals surface area contributed by atoms with Crippen LogP contribution in [0.2, 0.25) is 5.02 Å². The zero-order valence-corrected chi connectivity index (χ0v) is 9.09. The molecule has 1 fully saturated rings. The molecule has 0 atom stereocenters. The molecule has 0 saturated carbocycles. The lowest BCUT2D eigenvalue weighted by atomic mass is 10.0. The van der Waals surface area contributed by atoms with E-state index in [0.29, 0.717) is 0 Å². The predicted molar refractivity (Wildman–Crippen MR) is 61.1 cm³/mol. The summed E-state index contributed by atoms with van der Waals surface area (Å²) in [7, 11) is 2.10. The lowest BCUT2D eigenvalue weighted by Crippen LogP contribution is -2.47. The van der Waals surface area contributed by atoms with Crippen LogP contribution in [0, 0.1) is 5.92 Å². The maximum absolute atomic E-state index is 6.11. The molecule has 0 bridgehead atoms. The summed E-state index contributed by atoms with van der Waals surface area (Å²) >= 11 is 6.11. The van der Waals surface area contributed by atoms with Crippen molar-refractivity contribution in [2.75, 3.05) is 31.6 Å². The number of rotatable bonds is 3. The van der Waals surface area contributed by atoms with Crippen molar-refractivity contribution in [3.05, 3.63) is 29.3 Å². The highest BCUT2D eigenvalue weighted by Crippen LogP contribution is 2.24. The quantitative estimate of drug-likeness (QED) is 0.821. The topological polar surface area (TPSA) is 15.3 Å². The summed E-state index contributed by atoms with van der Waals surface area (Å²) in [5, 5.41) is 4.11. The van der Waals surface area contributed by atoms with Crippen LogP contribution >= 0.6 is 11.6 Å². The number of hydrogen-bond acceptors (Lipinski definition) is 2. The molecule has 0 aliphatic carbocycles. The lowest BCUT2D eigenvalue weighted by molar-refractivity contribution is 0.353. The summed E-state index contributed by atoms with van der Waals surface area (Å²) < 4.78 is 0. The van der Waals surface area contributed by atoms with E-state index < -0.39 is 0 Å². The Morgan fingerprint density at radius 3 is 2.71 bits per heavy atom. The van der Waals surface area contributed by atoms with Gasteiger partial charge in [-0.15, -0.1) is 0 Å². The van der Waals surface area contributed by atoms with Gasteiger partial charge >= 0.3 is 0 Å². The van der Waals surface area contributed by atoms with Crippen molar-refractivity contribution in [1.29, 1.82) is 0 Å². The maximum atomic E-state index is 6.11. The number of hydrogen-bond donors (Lipinski definition) is 1. The predicted octanol–water partition coefficient (Wildman–Crippen LogP) is 2.00. The fraction of sp³-hybridized carbons (Fsp3) is 0.455. The van der Waals surface area contributed by atoms with E-state index in [4.69, 9.17) is 11.6 Å². The molecule has 2 rings (SSSR count). The van der Waals surface area contributed by atoms with Crippen molar-refractivity contribution >= 4 is 17.3 Å². The fourth-order valence-electron chi connectivity index (χ4n) is 1.72. The van der Waals surface area contributed by atoms with Gasteiger partial charge in [0.2, 0.25) is 0 Å². The van der Waals surface area contributed by atoms with Crippen LogP contribution in [-0.2, 0) is 0 Å². The van der Waals surface area contributed by atoms with Gasteiger partial charge in [0.15, 0.2) is 0 Å². The molecular formula is C11H15ClN2. The third kappa shape index (κ3) is 2.02. The number of nitrogens with zero attached hydrogens (tertiary/aromatic N) is 1. The van der Waals surface area contributed by atoms with Crippen molar-refractivity contribution in [2.45, 2.75) is 0 Å². The van der Waals surface area contributed by atoms with Crippen LogP contribution in [0.5, 0.6) is 0 Å². The first-order valence-electron chi connectivity index (χ1n) is 4.94. The SMILES string of the molecule is CN(CC1CNC1)c1ccccc1Cl. The maximum Gasteiger partial charge on any atom is 0.0639 e. The van der Waals surface area contributed by atoms with E-state index in [9.17, 15) is 0 Å². The summed E-state index contributed by atoms with van der Waals surface area (Å²) in [5.41, 5.74) is 1.13. The average molecular weight is 211 g/mol. The van der Waals surface area contributed by atoms with Crippen molar-refractivity contribution in [1.82, 2.24) is 5.32 Å². The Balaban J connectivity index is 2.02. The molecule has 0 spiro atoms. The van der Waals surface area contributed by atoms with Crippen LogP contribution < -0.4 is 10.2 Å². The minimum atomic E-state index is 0.774. The van der Waals surface area contributed by atoms with Crippen LogP contribution in [0.4, 0.5) is 5.69 Å². The lowest BCUT2D eigenvalue weighted by Gasteiger charge is -2.32. The third-order valence-electron chi connectivity index (χ3n) is 2.66. The number of anilines is 1. The van der Waals surface area contributed by atoms with Gasteiger partial charge in [0, 0.05) is 32.6 Å². The Bertz CT molecular complexity index is 310. The van der Waals surface area contributed by atoms with Crippen LogP contribution in [-0.4, -0.2) is 26.7 Å². The first-order chi connectivity index (χ1) is 6.77. The molecule has 0 radical (unpaired) electrons. The van der Waals surface area contributed by atoms with Crippen molar-refractivity contribution in [2.24, 2.45) is 5.92 Å². The smallest absolute Gasteiger partial charge is 0.0639 e. The van der Waals surface area contributed by atoms with Crippen LogP contribution in [0.3, 0.4) is 0 Å². The molecule has 14 heavy (non-hydrogen) atoms. The molecule has 0 aromatic heterocycles. The van der Waals surface area contributed by atoms with Crippen LogP contribution in [0.15, 0.2) is 24.3 Å². The monoisotopic (exact) mass is 210 g/mol. The zero-order valence-electron chi connectivity index (χ0n) is 8.33. The largest absolute Gasteiger partial charge is 0.373 e. The van der Waals surface area contributed by atoms with Gasteiger partial charge in [-0.3, -0.25) is 0 Å². The minimum Gasteiger partial charge on any atom is -0.373 e. The molecule has 1 saturated heterocycles. The van der Waals surface area contributed by atoms with Gasteiger partial charge in [0.25, 0.3) is 0 Å². The summed E-state index contributed by atoms with van der Waals surface area (Å²) in [6, 6.07) is 7.99. The Morgan fingerprint density at radius 1 is 1.43 bits per heavy atom. The molecule has 76 valence electrons. The van der Waals surface area contributed by atoms with Crippen molar-refractivity contribution in [3.8, 4) is 0 Å². The Kier molecular flexibility index (Phi) is 2.94. The highest BCUT2D eigenvalue weighted by Gasteiger charge is 2.19. The first kappa shape index (κ1) is 9.81. The van der Waals surface area contributed by atoms with E-state index in [2.05, 4.69) is 23.3 Å². The van der Waals surface area contributed by atoms with Gasteiger partial charge in [-0.25, -0.2) is 0 Å². The van der Waals surface area contributed by atoms with Crippen LogP contribution in [0.1, 0.15) is 0 Å². The van der Waals surface area contributed by atoms with Crippen LogP contribution in [0.25, 0.3) is 0 Å². The second kappa shape index (κ2) is 4.20. The fourth-order valence-corrected chi connectivity index (χ4v) is 2.00. The Morgan fingerprint density at radius 2 is 2.14 bits per heavy atom. The number of nitrogens with one attached hydrogen (secondary N) is 1. The molecular weight excluding hydrogens is 196 g/mol. The molecule has 1 aromatic carbocycles. The molecule has 1 aliphatic rings. The van der Waals surface area contributed by atoms with Gasteiger partial charge in [-0.2, -0.15) is 0 Å². The molecule has 3 heteroatoms. The normalized spacial score (nSPS) is 16.4. The molecule has 1 aromatic rings. The molecule has 1 heterocycles. The standard InChI is InChI=1S/C11H15ClN2/c1-14(8-9-6-13-7-9)11-5-3-2-4-10(11)12/h2-5,9,13H,6-8H2,1H3. The van der Waals surface area contributed by atoms with E-state index in [1.807, 2.05) is 18.2 Å².